The number of nitrogens with zero attached hydrogens (tertiary/aromatic N) is 2. The van der Waals surface area contributed by atoms with Gasteiger partial charge in [0.2, 0.25) is 0 Å². The Labute approximate surface area is 223 Å². The second-order valence-corrected chi connectivity index (χ2v) is 8.64. The predicted octanol–water partition coefficient (Wildman–Crippen LogP) is 4.62. The molecule has 0 atom stereocenters. The van der Waals surface area contributed by atoms with E-state index in [-0.39, 0.29) is 11.6 Å². The Kier molecular flexibility index (Phi) is 8.77. The molecule has 0 aliphatic carbocycles. The van der Waals surface area contributed by atoms with E-state index in [2.05, 4.69) is 34.6 Å². The number of nitrogens with one attached hydrogen (secondary N) is 2. The molecule has 0 saturated heterocycles. The molecule has 196 valence electrons. The van der Waals surface area contributed by atoms with Crippen molar-refractivity contribution in [1.82, 2.24) is 10.7 Å². The van der Waals surface area contributed by atoms with Gasteiger partial charge in [-0.05, 0) is 74.9 Å². The lowest BCUT2D eigenvalue weighted by atomic mass is 10.1. The first-order valence-corrected chi connectivity index (χ1v) is 12.7. The molecule has 8 nitrogen and oxygen atoms in total. The van der Waals surface area contributed by atoms with Crippen molar-refractivity contribution in [2.75, 3.05) is 31.2 Å². The minimum atomic E-state index is -0.543. The first-order valence-electron chi connectivity index (χ1n) is 12.7. The Bertz CT molecular complexity index is 1330. The first kappa shape index (κ1) is 26.5. The molecule has 1 heterocycles. The van der Waals surface area contributed by atoms with Crippen LogP contribution in [0.15, 0.2) is 83.6 Å². The van der Waals surface area contributed by atoms with E-state index in [1.165, 1.54) is 0 Å². The van der Waals surface area contributed by atoms with E-state index in [1.54, 1.807) is 37.3 Å². The molecule has 0 aromatic heterocycles. The number of rotatable bonds is 9. The van der Waals surface area contributed by atoms with Gasteiger partial charge in [-0.15, -0.1) is 0 Å². The highest BCUT2D eigenvalue weighted by molar-refractivity contribution is 6.06. The second kappa shape index (κ2) is 12.6. The second-order valence-electron chi connectivity index (χ2n) is 8.64. The number of amides is 2. The molecule has 0 fully saturated rings. The summed E-state index contributed by atoms with van der Waals surface area (Å²) in [5.41, 5.74) is 6.31. The zero-order valence-corrected chi connectivity index (χ0v) is 21.9. The van der Waals surface area contributed by atoms with E-state index in [4.69, 9.17) is 9.47 Å². The largest absolute Gasteiger partial charge is 0.486 e. The van der Waals surface area contributed by atoms with Crippen LogP contribution in [0.1, 0.15) is 42.3 Å². The summed E-state index contributed by atoms with van der Waals surface area (Å²) in [6, 6.07) is 22.1. The molecular weight excluding hydrogens is 480 g/mol. The van der Waals surface area contributed by atoms with E-state index < -0.39 is 5.91 Å². The van der Waals surface area contributed by atoms with Crippen LogP contribution in [-0.4, -0.2) is 43.8 Å². The van der Waals surface area contributed by atoms with Gasteiger partial charge < -0.3 is 19.7 Å². The third-order valence-corrected chi connectivity index (χ3v) is 6.15. The van der Waals surface area contributed by atoms with Crippen molar-refractivity contribution in [2.24, 2.45) is 5.10 Å². The lowest BCUT2D eigenvalue weighted by Crippen LogP contribution is -2.33. The molecule has 2 N–H and O–H groups in total. The maximum absolute atomic E-state index is 13.2. The molecule has 38 heavy (non-hydrogen) atoms. The summed E-state index contributed by atoms with van der Waals surface area (Å²) < 4.78 is 11.2. The number of fused-ring (bicyclic) bond motifs is 1. The lowest BCUT2D eigenvalue weighted by Gasteiger charge is -2.21. The zero-order valence-electron chi connectivity index (χ0n) is 21.9. The number of anilines is 1. The molecule has 1 aliphatic rings. The normalized spacial score (nSPS) is 13.0. The Balaban J connectivity index is 1.56. The zero-order chi connectivity index (χ0) is 26.9. The Hall–Kier alpha value is -4.59. The Morgan fingerprint density at radius 2 is 1.58 bits per heavy atom. The summed E-state index contributed by atoms with van der Waals surface area (Å²) in [4.78, 5) is 28.3. The van der Waals surface area contributed by atoms with E-state index in [9.17, 15) is 9.59 Å². The molecule has 0 spiro atoms. The summed E-state index contributed by atoms with van der Waals surface area (Å²) in [5, 5.41) is 7.01. The van der Waals surface area contributed by atoms with Crippen molar-refractivity contribution in [3.05, 3.63) is 95.2 Å². The van der Waals surface area contributed by atoms with Crippen molar-refractivity contribution in [2.45, 2.75) is 20.8 Å². The van der Waals surface area contributed by atoms with Crippen LogP contribution in [-0.2, 0) is 4.79 Å². The Morgan fingerprint density at radius 3 is 2.26 bits per heavy atom. The van der Waals surface area contributed by atoms with Crippen molar-refractivity contribution < 1.29 is 19.1 Å². The molecule has 3 aromatic carbocycles. The average Bonchev–Trinajstić information content (AvgIpc) is 2.97. The molecule has 0 unspecified atom stereocenters. The molecule has 2 amide bonds. The molecular formula is C30H32N4O4. The van der Waals surface area contributed by atoms with Gasteiger partial charge in [0.15, 0.2) is 11.5 Å². The highest BCUT2D eigenvalue weighted by Gasteiger charge is 2.16. The minimum absolute atomic E-state index is 0.0770. The predicted molar refractivity (Wildman–Crippen MR) is 150 cm³/mol. The van der Waals surface area contributed by atoms with Gasteiger partial charge in [0.25, 0.3) is 11.8 Å². The maximum atomic E-state index is 13.2. The van der Waals surface area contributed by atoms with Gasteiger partial charge in [-0.2, -0.15) is 5.10 Å². The van der Waals surface area contributed by atoms with Crippen LogP contribution in [0.5, 0.6) is 11.5 Å². The highest BCUT2D eigenvalue weighted by Crippen LogP contribution is 2.30. The van der Waals surface area contributed by atoms with Crippen LogP contribution in [0.4, 0.5) is 5.69 Å². The lowest BCUT2D eigenvalue weighted by molar-refractivity contribution is -0.117. The van der Waals surface area contributed by atoms with E-state index in [1.807, 2.05) is 48.5 Å². The number of benzene rings is 3. The third-order valence-electron chi connectivity index (χ3n) is 6.15. The fraction of sp³-hybridized carbons (Fsp3) is 0.233. The van der Waals surface area contributed by atoms with Crippen molar-refractivity contribution in [1.29, 1.82) is 0 Å². The number of ether oxygens (including phenoxy) is 2. The molecule has 1 aliphatic heterocycles. The van der Waals surface area contributed by atoms with Crippen LogP contribution < -0.4 is 25.1 Å². The fourth-order valence-corrected chi connectivity index (χ4v) is 4.01. The van der Waals surface area contributed by atoms with Crippen LogP contribution in [0.2, 0.25) is 0 Å². The van der Waals surface area contributed by atoms with E-state index in [0.29, 0.717) is 36.0 Å². The molecule has 0 radical (unpaired) electrons. The smallest absolute Gasteiger partial charge is 0.287 e. The van der Waals surface area contributed by atoms with Gasteiger partial charge in [-0.1, -0.05) is 30.3 Å². The number of carbonyl (C=O) groups is 2. The van der Waals surface area contributed by atoms with Gasteiger partial charge in [0, 0.05) is 29.9 Å². The van der Waals surface area contributed by atoms with Crippen LogP contribution in [0, 0.1) is 0 Å². The van der Waals surface area contributed by atoms with Crippen LogP contribution >= 0.6 is 0 Å². The topological polar surface area (TPSA) is 92.3 Å². The maximum Gasteiger partial charge on any atom is 0.287 e. The summed E-state index contributed by atoms with van der Waals surface area (Å²) in [6.07, 6.45) is 1.64. The average molecular weight is 513 g/mol. The standard InChI is InChI=1S/C30H32N4O4/c1-4-34(5-2)25-14-11-22(12-15-25)19-26(31-29(35)23-9-7-6-8-10-23)30(36)33-32-21(3)24-13-16-27-28(20-24)38-18-17-37-27/h6-16,19-20H,4-5,17-18H2,1-3H3,(H,31,35)(H,33,36). The van der Waals surface area contributed by atoms with E-state index in [0.717, 1.165) is 29.9 Å². The van der Waals surface area contributed by atoms with Gasteiger partial charge >= 0.3 is 0 Å². The molecule has 3 aromatic rings. The summed E-state index contributed by atoms with van der Waals surface area (Å²) >= 11 is 0. The summed E-state index contributed by atoms with van der Waals surface area (Å²) in [7, 11) is 0. The highest BCUT2D eigenvalue weighted by atomic mass is 16.6. The molecule has 0 bridgehead atoms. The first-order chi connectivity index (χ1) is 18.5. The summed E-state index contributed by atoms with van der Waals surface area (Å²) in [6.45, 7) is 8.77. The third kappa shape index (κ3) is 6.59. The SMILES string of the molecule is CCN(CC)c1ccc(C=C(NC(=O)c2ccccc2)C(=O)NN=C(C)c2ccc3c(c2)OCCO3)cc1. The van der Waals surface area contributed by atoms with Gasteiger partial charge in [0.1, 0.15) is 18.9 Å². The van der Waals surface area contributed by atoms with Crippen LogP contribution in [0.3, 0.4) is 0 Å². The van der Waals surface area contributed by atoms with Gasteiger partial charge in [-0.25, -0.2) is 5.43 Å². The van der Waals surface area contributed by atoms with Crippen molar-refractivity contribution >= 4 is 29.3 Å². The van der Waals surface area contributed by atoms with Gasteiger partial charge in [0.05, 0.1) is 5.71 Å². The molecule has 4 rings (SSSR count). The van der Waals surface area contributed by atoms with E-state index >= 15 is 0 Å². The van der Waals surface area contributed by atoms with Gasteiger partial charge in [-0.3, -0.25) is 9.59 Å². The number of hydrazone groups is 1. The number of hydrogen-bond acceptors (Lipinski definition) is 6. The number of carbonyl (C=O) groups excluding carboxylic acids is 2. The molecule has 0 saturated carbocycles. The van der Waals surface area contributed by atoms with Crippen LogP contribution in [0.25, 0.3) is 6.08 Å². The minimum Gasteiger partial charge on any atom is -0.486 e. The van der Waals surface area contributed by atoms with Crippen molar-refractivity contribution in [3.8, 4) is 11.5 Å². The quantitative estimate of drug-likeness (QED) is 0.248. The fourth-order valence-electron chi connectivity index (χ4n) is 4.01. The summed E-state index contributed by atoms with van der Waals surface area (Å²) in [5.74, 6) is 0.384. The van der Waals surface area contributed by atoms with Crippen molar-refractivity contribution in [3.63, 3.8) is 0 Å². The molecule has 8 heteroatoms. The number of hydrogen-bond donors (Lipinski definition) is 2. The monoisotopic (exact) mass is 512 g/mol. The Morgan fingerprint density at radius 1 is 0.895 bits per heavy atom.